The molecule has 0 aromatic carbocycles. The third-order valence-electron chi connectivity index (χ3n) is 1.21. The van der Waals surface area contributed by atoms with Crippen LogP contribution >= 0.6 is 48.0 Å². The highest BCUT2D eigenvalue weighted by Gasteiger charge is 1.95. The Morgan fingerprint density at radius 1 is 0.929 bits per heavy atom. The molecule has 0 amide bonds. The maximum Gasteiger partial charge on any atom is 0.133 e. The normalized spacial score (nSPS) is 9.57. The van der Waals surface area contributed by atoms with Crippen LogP contribution in [0.1, 0.15) is 13.8 Å². The summed E-state index contributed by atoms with van der Waals surface area (Å²) < 4.78 is 1.73. The maximum atomic E-state index is 5.07. The molecule has 0 atom stereocenters. The van der Waals surface area contributed by atoms with Crippen molar-refractivity contribution in [2.24, 2.45) is 0 Å². The molecule has 0 aromatic rings. The zero-order valence-electron chi connectivity index (χ0n) is 8.46. The van der Waals surface area contributed by atoms with Crippen molar-refractivity contribution < 1.29 is 0 Å². The monoisotopic (exact) mass is 268 g/mol. The lowest BCUT2D eigenvalue weighted by atomic mass is 10.6. The first kappa shape index (κ1) is 14.5. The van der Waals surface area contributed by atoms with Crippen molar-refractivity contribution >= 4 is 56.6 Å². The van der Waals surface area contributed by atoms with Gasteiger partial charge in [-0.25, -0.2) is 0 Å². The largest absolute Gasteiger partial charge is 0.369 e. The summed E-state index contributed by atoms with van der Waals surface area (Å²) in [6.07, 6.45) is 0. The van der Waals surface area contributed by atoms with Crippen molar-refractivity contribution in [2.75, 3.05) is 24.6 Å². The standard InChI is InChI=1S/C8H16N2S4/c1-3-13-7(11)9-5-6-10-8(12)14-4-2/h3-6H2,1-2H3,(H,9,11)(H,10,12). The van der Waals surface area contributed by atoms with Gasteiger partial charge < -0.3 is 10.6 Å². The summed E-state index contributed by atoms with van der Waals surface area (Å²) in [7, 11) is 0. The first-order chi connectivity index (χ1) is 6.70. The molecular formula is C8H16N2S4. The Kier molecular flexibility index (Phi) is 10.4. The Morgan fingerprint density at radius 3 is 1.57 bits per heavy atom. The number of rotatable bonds is 5. The fraction of sp³-hybridized carbons (Fsp3) is 0.750. The number of hydrogen-bond donors (Lipinski definition) is 2. The zero-order chi connectivity index (χ0) is 10.8. The van der Waals surface area contributed by atoms with Crippen LogP contribution in [0.15, 0.2) is 0 Å². The Balaban J connectivity index is 3.28. The van der Waals surface area contributed by atoms with E-state index >= 15 is 0 Å². The van der Waals surface area contributed by atoms with E-state index in [0.717, 1.165) is 33.2 Å². The summed E-state index contributed by atoms with van der Waals surface area (Å²) in [6.45, 7) is 5.83. The van der Waals surface area contributed by atoms with Gasteiger partial charge >= 0.3 is 0 Å². The molecule has 0 heterocycles. The van der Waals surface area contributed by atoms with Crippen LogP contribution in [0.2, 0.25) is 0 Å². The third kappa shape index (κ3) is 9.05. The summed E-state index contributed by atoms with van der Waals surface area (Å²) in [5, 5.41) is 6.29. The third-order valence-corrected chi connectivity index (χ3v) is 3.60. The van der Waals surface area contributed by atoms with Crippen LogP contribution in [-0.4, -0.2) is 33.2 Å². The fourth-order valence-electron chi connectivity index (χ4n) is 0.693. The second-order valence-corrected chi connectivity index (χ2v) is 6.18. The van der Waals surface area contributed by atoms with Crippen LogP contribution in [0.25, 0.3) is 0 Å². The van der Waals surface area contributed by atoms with Crippen molar-refractivity contribution in [1.82, 2.24) is 10.6 Å². The van der Waals surface area contributed by atoms with Gasteiger partial charge in [0.2, 0.25) is 0 Å². The quantitative estimate of drug-likeness (QED) is 0.586. The highest BCUT2D eigenvalue weighted by molar-refractivity contribution is 8.23. The molecule has 0 unspecified atom stereocenters. The van der Waals surface area contributed by atoms with Crippen LogP contribution in [0.5, 0.6) is 0 Å². The molecule has 6 heteroatoms. The first-order valence-corrected chi connectivity index (χ1v) is 7.30. The highest BCUT2D eigenvalue weighted by Crippen LogP contribution is 2.00. The van der Waals surface area contributed by atoms with Gasteiger partial charge in [-0.3, -0.25) is 0 Å². The summed E-state index contributed by atoms with van der Waals surface area (Å²) in [6, 6.07) is 0. The molecule has 2 N–H and O–H groups in total. The van der Waals surface area contributed by atoms with E-state index in [9.17, 15) is 0 Å². The van der Waals surface area contributed by atoms with E-state index in [1.165, 1.54) is 0 Å². The maximum absolute atomic E-state index is 5.07. The summed E-state index contributed by atoms with van der Waals surface area (Å²) >= 11 is 13.4. The molecule has 14 heavy (non-hydrogen) atoms. The molecule has 0 aliphatic rings. The molecule has 0 aromatic heterocycles. The number of nitrogens with one attached hydrogen (secondary N) is 2. The van der Waals surface area contributed by atoms with Crippen LogP contribution in [0, 0.1) is 0 Å². The first-order valence-electron chi connectivity index (χ1n) is 4.52. The molecule has 0 saturated carbocycles. The van der Waals surface area contributed by atoms with Gasteiger partial charge in [0, 0.05) is 13.1 Å². The molecule has 2 nitrogen and oxygen atoms in total. The average Bonchev–Trinajstić information content (AvgIpc) is 2.13. The number of thioether (sulfide) groups is 2. The van der Waals surface area contributed by atoms with Crippen molar-refractivity contribution in [3.8, 4) is 0 Å². The van der Waals surface area contributed by atoms with Crippen LogP contribution in [0.4, 0.5) is 0 Å². The Morgan fingerprint density at radius 2 is 1.29 bits per heavy atom. The molecule has 0 bridgehead atoms. The van der Waals surface area contributed by atoms with Gasteiger partial charge in [0.1, 0.15) is 8.64 Å². The fourth-order valence-corrected chi connectivity index (χ4v) is 2.54. The van der Waals surface area contributed by atoms with E-state index in [1.807, 2.05) is 0 Å². The molecule has 0 fully saturated rings. The van der Waals surface area contributed by atoms with Gasteiger partial charge in [-0.2, -0.15) is 0 Å². The lowest BCUT2D eigenvalue weighted by Gasteiger charge is -2.08. The average molecular weight is 268 g/mol. The molecule has 0 spiro atoms. The van der Waals surface area contributed by atoms with E-state index in [-0.39, 0.29) is 0 Å². The van der Waals surface area contributed by atoms with Gasteiger partial charge in [0.15, 0.2) is 0 Å². The Labute approximate surface area is 105 Å². The number of hydrogen-bond acceptors (Lipinski definition) is 4. The van der Waals surface area contributed by atoms with Crippen molar-refractivity contribution in [2.45, 2.75) is 13.8 Å². The molecule has 0 radical (unpaired) electrons. The zero-order valence-corrected chi connectivity index (χ0v) is 11.7. The predicted octanol–water partition coefficient (Wildman–Crippen LogP) is 2.24. The van der Waals surface area contributed by atoms with E-state index in [0.29, 0.717) is 0 Å². The minimum Gasteiger partial charge on any atom is -0.369 e. The smallest absolute Gasteiger partial charge is 0.133 e. The minimum absolute atomic E-state index is 0.830. The molecular weight excluding hydrogens is 252 g/mol. The topological polar surface area (TPSA) is 24.1 Å². The van der Waals surface area contributed by atoms with E-state index in [1.54, 1.807) is 23.5 Å². The number of thiocarbonyl (C=S) groups is 2. The lowest BCUT2D eigenvalue weighted by molar-refractivity contribution is 0.833. The minimum atomic E-state index is 0.830. The van der Waals surface area contributed by atoms with Crippen molar-refractivity contribution in [3.05, 3.63) is 0 Å². The van der Waals surface area contributed by atoms with Crippen molar-refractivity contribution in [1.29, 1.82) is 0 Å². The Bertz CT molecular complexity index is 164. The molecule has 0 rings (SSSR count). The van der Waals surface area contributed by atoms with Gasteiger partial charge in [0.05, 0.1) is 0 Å². The molecule has 0 saturated heterocycles. The van der Waals surface area contributed by atoms with E-state index in [2.05, 4.69) is 24.5 Å². The lowest BCUT2D eigenvalue weighted by Crippen LogP contribution is -2.31. The SMILES string of the molecule is CCSC(=S)NCCNC(=S)SCC. The van der Waals surface area contributed by atoms with Crippen LogP contribution < -0.4 is 10.6 Å². The summed E-state index contributed by atoms with van der Waals surface area (Å²) in [5.74, 6) is 2.03. The van der Waals surface area contributed by atoms with E-state index in [4.69, 9.17) is 24.4 Å². The van der Waals surface area contributed by atoms with E-state index < -0.39 is 0 Å². The second-order valence-electron chi connectivity index (χ2n) is 2.29. The van der Waals surface area contributed by atoms with Gasteiger partial charge in [0.25, 0.3) is 0 Å². The molecule has 0 aliphatic carbocycles. The van der Waals surface area contributed by atoms with Crippen LogP contribution in [0.3, 0.4) is 0 Å². The summed E-state index contributed by atoms with van der Waals surface area (Å²) in [4.78, 5) is 0. The van der Waals surface area contributed by atoms with Crippen LogP contribution in [-0.2, 0) is 0 Å². The second kappa shape index (κ2) is 10.0. The van der Waals surface area contributed by atoms with Gasteiger partial charge in [-0.15, -0.1) is 0 Å². The van der Waals surface area contributed by atoms with Gasteiger partial charge in [-0.1, -0.05) is 61.8 Å². The highest BCUT2D eigenvalue weighted by atomic mass is 32.2. The summed E-state index contributed by atoms with van der Waals surface area (Å²) in [5.41, 5.74) is 0. The molecule has 0 aliphatic heterocycles. The van der Waals surface area contributed by atoms with Gasteiger partial charge in [-0.05, 0) is 11.5 Å². The molecule has 82 valence electrons. The Hall–Kier alpha value is 0.480. The van der Waals surface area contributed by atoms with Crippen molar-refractivity contribution in [3.63, 3.8) is 0 Å². The predicted molar refractivity (Wildman–Crippen MR) is 77.5 cm³/mol.